The molecule has 2 rings (SSSR count). The van der Waals surface area contributed by atoms with Crippen LogP contribution in [0.5, 0.6) is 0 Å². The van der Waals surface area contributed by atoms with Gasteiger partial charge in [-0.1, -0.05) is 49.6 Å². The van der Waals surface area contributed by atoms with Gasteiger partial charge in [0.15, 0.2) is 5.78 Å². The van der Waals surface area contributed by atoms with Crippen molar-refractivity contribution < 1.29 is 4.79 Å². The van der Waals surface area contributed by atoms with Crippen molar-refractivity contribution in [1.82, 2.24) is 0 Å². The Morgan fingerprint density at radius 2 is 1.83 bits per heavy atom. The van der Waals surface area contributed by atoms with Gasteiger partial charge in [-0.15, -0.1) is 0 Å². The van der Waals surface area contributed by atoms with E-state index < -0.39 is 0 Å². The summed E-state index contributed by atoms with van der Waals surface area (Å²) < 4.78 is 0. The Bertz CT molecular complexity index is 408. The molecule has 0 spiro atoms. The van der Waals surface area contributed by atoms with E-state index in [4.69, 9.17) is 0 Å². The van der Waals surface area contributed by atoms with E-state index in [0.29, 0.717) is 6.42 Å². The van der Waals surface area contributed by atoms with Gasteiger partial charge in [0, 0.05) is 6.42 Å². The molecule has 0 amide bonds. The van der Waals surface area contributed by atoms with Crippen LogP contribution in [0.25, 0.3) is 0 Å². The highest BCUT2D eigenvalue weighted by atomic mass is 16.1. The van der Waals surface area contributed by atoms with Crippen molar-refractivity contribution >= 4 is 5.78 Å². The molecule has 0 saturated heterocycles. The van der Waals surface area contributed by atoms with E-state index in [1.54, 1.807) is 12.2 Å². The van der Waals surface area contributed by atoms with E-state index >= 15 is 0 Å². The number of rotatable bonds is 4. The van der Waals surface area contributed by atoms with Crippen molar-refractivity contribution in [2.75, 3.05) is 0 Å². The van der Waals surface area contributed by atoms with E-state index in [1.807, 2.05) is 6.92 Å². The van der Waals surface area contributed by atoms with Crippen LogP contribution in [0.1, 0.15) is 56.1 Å². The van der Waals surface area contributed by atoms with Gasteiger partial charge in [0.1, 0.15) is 0 Å². The second kappa shape index (κ2) is 6.53. The van der Waals surface area contributed by atoms with Crippen LogP contribution < -0.4 is 0 Å². The summed E-state index contributed by atoms with van der Waals surface area (Å²) in [7, 11) is 0. The quantitative estimate of drug-likeness (QED) is 0.714. The SMILES string of the molecule is CC=CC(=O)Cc1ccc(C2CCCCC2)cc1. The summed E-state index contributed by atoms with van der Waals surface area (Å²) in [4.78, 5) is 11.5. The molecule has 0 radical (unpaired) electrons. The number of hydrogen-bond acceptors (Lipinski definition) is 1. The molecule has 1 nitrogen and oxygen atoms in total. The number of hydrogen-bond donors (Lipinski definition) is 0. The highest BCUT2D eigenvalue weighted by molar-refractivity contribution is 5.91. The minimum Gasteiger partial charge on any atom is -0.294 e. The van der Waals surface area contributed by atoms with Gasteiger partial charge < -0.3 is 0 Å². The zero-order valence-corrected chi connectivity index (χ0v) is 11.2. The number of carbonyl (C=O) groups is 1. The zero-order chi connectivity index (χ0) is 12.8. The first-order valence-electron chi connectivity index (χ1n) is 7.04. The normalized spacial score (nSPS) is 17.2. The summed E-state index contributed by atoms with van der Waals surface area (Å²) in [6, 6.07) is 8.67. The lowest BCUT2D eigenvalue weighted by atomic mass is 9.84. The van der Waals surface area contributed by atoms with Crippen LogP contribution in [0.15, 0.2) is 36.4 Å². The number of allylic oxidation sites excluding steroid dienone is 2. The molecule has 1 aromatic carbocycles. The number of benzene rings is 1. The van der Waals surface area contributed by atoms with Gasteiger partial charge in [-0.05, 0) is 42.9 Å². The molecular weight excluding hydrogens is 220 g/mol. The third kappa shape index (κ3) is 3.56. The van der Waals surface area contributed by atoms with Crippen molar-refractivity contribution in [1.29, 1.82) is 0 Å². The van der Waals surface area contributed by atoms with Crippen LogP contribution in [-0.2, 0) is 11.2 Å². The second-order valence-corrected chi connectivity index (χ2v) is 5.22. The van der Waals surface area contributed by atoms with Crippen molar-refractivity contribution in [3.05, 3.63) is 47.5 Å². The average Bonchev–Trinajstić information content (AvgIpc) is 2.41. The lowest BCUT2D eigenvalue weighted by molar-refractivity contribution is -0.114. The van der Waals surface area contributed by atoms with Gasteiger partial charge in [0.05, 0.1) is 0 Å². The van der Waals surface area contributed by atoms with Gasteiger partial charge >= 0.3 is 0 Å². The standard InChI is InChI=1S/C17H22O/c1-2-6-17(18)13-14-9-11-16(12-10-14)15-7-4-3-5-8-15/h2,6,9-12,15H,3-5,7-8,13H2,1H3. The molecule has 18 heavy (non-hydrogen) atoms. The highest BCUT2D eigenvalue weighted by Gasteiger charge is 2.15. The van der Waals surface area contributed by atoms with E-state index in [-0.39, 0.29) is 5.78 Å². The molecular formula is C17H22O. The topological polar surface area (TPSA) is 17.1 Å². The van der Waals surface area contributed by atoms with Crippen molar-refractivity contribution in [2.45, 2.75) is 51.4 Å². The van der Waals surface area contributed by atoms with Crippen LogP contribution in [0, 0.1) is 0 Å². The summed E-state index contributed by atoms with van der Waals surface area (Å²) in [5.41, 5.74) is 2.58. The molecule has 1 saturated carbocycles. The fourth-order valence-electron chi connectivity index (χ4n) is 2.79. The molecule has 1 aromatic rings. The molecule has 1 aliphatic rings. The molecule has 96 valence electrons. The second-order valence-electron chi connectivity index (χ2n) is 5.22. The Morgan fingerprint density at radius 3 is 2.44 bits per heavy atom. The van der Waals surface area contributed by atoms with Crippen LogP contribution in [0.3, 0.4) is 0 Å². The zero-order valence-electron chi connectivity index (χ0n) is 11.2. The first kappa shape index (κ1) is 13.1. The summed E-state index contributed by atoms with van der Waals surface area (Å²) in [6.45, 7) is 1.88. The van der Waals surface area contributed by atoms with Gasteiger partial charge in [-0.25, -0.2) is 0 Å². The molecule has 0 atom stereocenters. The fraction of sp³-hybridized carbons (Fsp3) is 0.471. The third-order valence-electron chi connectivity index (χ3n) is 3.79. The predicted octanol–water partition coefficient (Wildman–Crippen LogP) is 4.42. The molecule has 1 fully saturated rings. The molecule has 0 aromatic heterocycles. The first-order valence-corrected chi connectivity index (χ1v) is 7.04. The Balaban J connectivity index is 1.98. The molecule has 1 heteroatoms. The monoisotopic (exact) mass is 242 g/mol. The van der Waals surface area contributed by atoms with Crippen LogP contribution in [-0.4, -0.2) is 5.78 Å². The van der Waals surface area contributed by atoms with E-state index in [1.165, 1.54) is 37.7 Å². The average molecular weight is 242 g/mol. The van der Waals surface area contributed by atoms with Crippen LogP contribution in [0.2, 0.25) is 0 Å². The number of carbonyl (C=O) groups excluding carboxylic acids is 1. The summed E-state index contributed by atoms with van der Waals surface area (Å²) >= 11 is 0. The minimum absolute atomic E-state index is 0.183. The van der Waals surface area contributed by atoms with Gasteiger partial charge in [0.25, 0.3) is 0 Å². The van der Waals surface area contributed by atoms with Crippen molar-refractivity contribution in [3.8, 4) is 0 Å². The predicted molar refractivity (Wildman–Crippen MR) is 75.8 cm³/mol. The van der Waals surface area contributed by atoms with Crippen molar-refractivity contribution in [2.24, 2.45) is 0 Å². The molecule has 0 N–H and O–H groups in total. The maximum atomic E-state index is 11.5. The Hall–Kier alpha value is -1.37. The molecule has 1 aliphatic carbocycles. The third-order valence-corrected chi connectivity index (χ3v) is 3.79. The first-order chi connectivity index (χ1) is 8.79. The fourth-order valence-corrected chi connectivity index (χ4v) is 2.79. The molecule has 0 bridgehead atoms. The van der Waals surface area contributed by atoms with Crippen LogP contribution >= 0.6 is 0 Å². The lowest BCUT2D eigenvalue weighted by Crippen LogP contribution is -2.05. The van der Waals surface area contributed by atoms with Gasteiger partial charge in [0.2, 0.25) is 0 Å². The van der Waals surface area contributed by atoms with Crippen molar-refractivity contribution in [3.63, 3.8) is 0 Å². The van der Waals surface area contributed by atoms with E-state index in [0.717, 1.165) is 11.5 Å². The highest BCUT2D eigenvalue weighted by Crippen LogP contribution is 2.32. The molecule has 0 unspecified atom stereocenters. The molecule has 0 heterocycles. The summed E-state index contributed by atoms with van der Waals surface area (Å²) in [6.07, 6.45) is 10.8. The lowest BCUT2D eigenvalue weighted by Gasteiger charge is -2.22. The largest absolute Gasteiger partial charge is 0.294 e. The molecule has 0 aliphatic heterocycles. The number of ketones is 1. The Morgan fingerprint density at radius 1 is 1.17 bits per heavy atom. The van der Waals surface area contributed by atoms with E-state index in [2.05, 4.69) is 24.3 Å². The maximum Gasteiger partial charge on any atom is 0.159 e. The van der Waals surface area contributed by atoms with Gasteiger partial charge in [-0.2, -0.15) is 0 Å². The Kier molecular flexibility index (Phi) is 4.74. The van der Waals surface area contributed by atoms with Crippen LogP contribution in [0.4, 0.5) is 0 Å². The maximum absolute atomic E-state index is 11.5. The Labute approximate surface area is 110 Å². The summed E-state index contributed by atoms with van der Waals surface area (Å²) in [5.74, 6) is 0.932. The smallest absolute Gasteiger partial charge is 0.159 e. The minimum atomic E-state index is 0.183. The van der Waals surface area contributed by atoms with E-state index in [9.17, 15) is 4.79 Å². The van der Waals surface area contributed by atoms with Gasteiger partial charge in [-0.3, -0.25) is 4.79 Å². The summed E-state index contributed by atoms with van der Waals surface area (Å²) in [5, 5.41) is 0.